The Bertz CT molecular complexity index is 1310. The van der Waals surface area contributed by atoms with Crippen LogP contribution in [0.25, 0.3) is 17.2 Å². The zero-order valence-electron chi connectivity index (χ0n) is 19.0. The minimum Gasteiger partial charge on any atom is -0.353 e. The first-order chi connectivity index (χ1) is 17.0. The molecule has 2 fully saturated rings. The maximum atomic E-state index is 13.3. The highest BCUT2D eigenvalue weighted by atomic mass is 19.4. The van der Waals surface area contributed by atoms with Crippen molar-refractivity contribution in [3.8, 4) is 11.5 Å². The molecule has 5 heterocycles. The maximum Gasteiger partial charge on any atom is 0.417 e. The van der Waals surface area contributed by atoms with Crippen LogP contribution in [0, 0.1) is 5.92 Å². The van der Waals surface area contributed by atoms with Gasteiger partial charge in [0.1, 0.15) is 17.2 Å². The van der Waals surface area contributed by atoms with Crippen LogP contribution in [0.2, 0.25) is 0 Å². The molecule has 0 radical (unpaired) electrons. The number of alkyl halides is 3. The molecule has 1 saturated carbocycles. The maximum absolute atomic E-state index is 13.3. The third-order valence-corrected chi connectivity index (χ3v) is 7.14. The molecule has 0 bridgehead atoms. The molecular weight excluding hydrogens is 457 g/mol. The molecule has 1 atom stereocenters. The minimum absolute atomic E-state index is 0.187. The standard InChI is InChI=1S/C24H25F3N8/c25-24(26,27)18-4-5-21-29-12-19(35(21)14-18)23-28-7-6-22(32-23)34-9-8-33(13-16-2-1-3-16)20(15-34)17-10-30-31-11-17/h4-7,10-12,14,16,20H,1-3,8-9,13,15H2,(H,30,31)/t20-/m0/s1. The van der Waals surface area contributed by atoms with Crippen LogP contribution in [-0.2, 0) is 6.18 Å². The molecule has 8 nitrogen and oxygen atoms in total. The van der Waals surface area contributed by atoms with E-state index in [4.69, 9.17) is 4.98 Å². The molecule has 4 aromatic heterocycles. The van der Waals surface area contributed by atoms with Gasteiger partial charge in [-0.3, -0.25) is 14.4 Å². The lowest BCUT2D eigenvalue weighted by Gasteiger charge is -2.44. The summed E-state index contributed by atoms with van der Waals surface area (Å²) in [4.78, 5) is 18.1. The molecule has 4 aromatic rings. The topological polar surface area (TPSA) is 78.2 Å². The van der Waals surface area contributed by atoms with Crippen molar-refractivity contribution in [2.75, 3.05) is 31.1 Å². The minimum atomic E-state index is -4.44. The van der Waals surface area contributed by atoms with Gasteiger partial charge in [-0.2, -0.15) is 18.3 Å². The van der Waals surface area contributed by atoms with Crippen LogP contribution < -0.4 is 4.90 Å². The van der Waals surface area contributed by atoms with Crippen molar-refractivity contribution in [2.24, 2.45) is 5.92 Å². The molecule has 35 heavy (non-hydrogen) atoms. The van der Waals surface area contributed by atoms with Crippen LogP contribution in [0.1, 0.15) is 36.4 Å². The number of hydrogen-bond acceptors (Lipinski definition) is 6. The van der Waals surface area contributed by atoms with Gasteiger partial charge in [-0.15, -0.1) is 0 Å². The summed E-state index contributed by atoms with van der Waals surface area (Å²) in [6.45, 7) is 3.54. The van der Waals surface area contributed by atoms with E-state index in [2.05, 4.69) is 30.0 Å². The Morgan fingerprint density at radius 1 is 1.06 bits per heavy atom. The van der Waals surface area contributed by atoms with Gasteiger partial charge in [0.2, 0.25) is 0 Å². The van der Waals surface area contributed by atoms with Gasteiger partial charge in [0.25, 0.3) is 0 Å². The summed E-state index contributed by atoms with van der Waals surface area (Å²) in [5, 5.41) is 7.09. The second-order valence-corrected chi connectivity index (χ2v) is 9.31. The largest absolute Gasteiger partial charge is 0.417 e. The van der Waals surface area contributed by atoms with E-state index < -0.39 is 11.7 Å². The highest BCUT2D eigenvalue weighted by molar-refractivity contribution is 5.59. The van der Waals surface area contributed by atoms with E-state index in [0.717, 1.165) is 55.7 Å². The molecule has 1 saturated heterocycles. The first kappa shape index (κ1) is 22.0. The summed E-state index contributed by atoms with van der Waals surface area (Å²) in [6, 6.07) is 4.42. The van der Waals surface area contributed by atoms with E-state index in [1.54, 1.807) is 6.20 Å². The lowest BCUT2D eigenvalue weighted by atomic mass is 9.84. The van der Waals surface area contributed by atoms with Crippen molar-refractivity contribution < 1.29 is 13.2 Å². The monoisotopic (exact) mass is 482 g/mol. The van der Waals surface area contributed by atoms with Gasteiger partial charge < -0.3 is 4.90 Å². The molecule has 0 unspecified atom stereocenters. The summed E-state index contributed by atoms with van der Waals surface area (Å²) >= 11 is 0. The zero-order chi connectivity index (χ0) is 24.0. The Labute approximate surface area is 199 Å². The van der Waals surface area contributed by atoms with E-state index in [0.29, 0.717) is 17.2 Å². The van der Waals surface area contributed by atoms with Gasteiger partial charge >= 0.3 is 6.18 Å². The fraction of sp³-hybridized carbons (Fsp3) is 0.417. The number of aromatic amines is 1. The molecular formula is C24H25F3N8. The number of H-pyrrole nitrogens is 1. The van der Waals surface area contributed by atoms with Gasteiger partial charge in [0.15, 0.2) is 5.82 Å². The molecule has 1 aliphatic carbocycles. The summed E-state index contributed by atoms with van der Waals surface area (Å²) in [7, 11) is 0. The van der Waals surface area contributed by atoms with Crippen LogP contribution >= 0.6 is 0 Å². The second-order valence-electron chi connectivity index (χ2n) is 9.31. The summed E-state index contributed by atoms with van der Waals surface area (Å²) in [6.07, 6.45) is 7.50. The molecule has 182 valence electrons. The van der Waals surface area contributed by atoms with Crippen molar-refractivity contribution >= 4 is 11.5 Å². The van der Waals surface area contributed by atoms with Crippen molar-refractivity contribution in [1.29, 1.82) is 0 Å². The average molecular weight is 483 g/mol. The highest BCUT2D eigenvalue weighted by Crippen LogP contribution is 2.34. The number of imidazole rings is 1. The van der Waals surface area contributed by atoms with Gasteiger partial charge in [-0.05, 0) is 37.0 Å². The first-order valence-corrected chi connectivity index (χ1v) is 11.8. The molecule has 2 aliphatic rings. The molecule has 6 rings (SSSR count). The molecule has 1 aliphatic heterocycles. The van der Waals surface area contributed by atoms with Gasteiger partial charge in [0, 0.05) is 50.3 Å². The number of anilines is 1. The van der Waals surface area contributed by atoms with Crippen molar-refractivity contribution in [3.05, 3.63) is 60.3 Å². The molecule has 0 aromatic carbocycles. The van der Waals surface area contributed by atoms with Gasteiger partial charge in [-0.25, -0.2) is 15.0 Å². The Morgan fingerprint density at radius 2 is 1.94 bits per heavy atom. The van der Waals surface area contributed by atoms with Gasteiger partial charge in [0.05, 0.1) is 24.0 Å². The number of nitrogens with zero attached hydrogens (tertiary/aromatic N) is 7. The number of aromatic nitrogens is 6. The molecule has 11 heteroatoms. The SMILES string of the molecule is FC(F)(F)c1ccc2ncc(-c3nccc(N4CCN(CC5CCC5)[C@H](c5cn[nH]c5)C4)n3)n2c1. The van der Waals surface area contributed by atoms with Crippen LogP contribution in [0.4, 0.5) is 19.0 Å². The van der Waals surface area contributed by atoms with Crippen LogP contribution in [0.5, 0.6) is 0 Å². The van der Waals surface area contributed by atoms with Gasteiger partial charge in [-0.1, -0.05) is 6.42 Å². The normalized spacial score (nSPS) is 19.9. The number of nitrogens with one attached hydrogen (secondary N) is 1. The molecule has 1 N–H and O–H groups in total. The van der Waals surface area contributed by atoms with E-state index in [9.17, 15) is 13.2 Å². The number of halogens is 3. The van der Waals surface area contributed by atoms with Crippen molar-refractivity contribution in [1.82, 2.24) is 34.4 Å². The highest BCUT2D eigenvalue weighted by Gasteiger charge is 2.33. The fourth-order valence-electron chi connectivity index (χ4n) is 4.98. The molecule has 0 amide bonds. The lowest BCUT2D eigenvalue weighted by Crippen LogP contribution is -2.50. The van der Waals surface area contributed by atoms with Crippen LogP contribution in [0.3, 0.4) is 0 Å². The summed E-state index contributed by atoms with van der Waals surface area (Å²) in [5.74, 6) is 1.85. The van der Waals surface area contributed by atoms with E-state index in [-0.39, 0.29) is 6.04 Å². The third-order valence-electron chi connectivity index (χ3n) is 7.14. The first-order valence-electron chi connectivity index (χ1n) is 11.8. The van der Waals surface area contributed by atoms with E-state index in [1.165, 1.54) is 35.9 Å². The Balaban J connectivity index is 1.29. The van der Waals surface area contributed by atoms with Crippen molar-refractivity contribution in [3.63, 3.8) is 0 Å². The molecule has 0 spiro atoms. The summed E-state index contributed by atoms with van der Waals surface area (Å²) in [5.41, 5.74) is 1.23. The summed E-state index contributed by atoms with van der Waals surface area (Å²) < 4.78 is 41.2. The second kappa shape index (κ2) is 8.63. The number of rotatable bonds is 5. The number of hydrogen-bond donors (Lipinski definition) is 1. The van der Waals surface area contributed by atoms with E-state index in [1.807, 2.05) is 18.5 Å². The predicted octanol–water partition coefficient (Wildman–Crippen LogP) is 4.20. The predicted molar refractivity (Wildman–Crippen MR) is 124 cm³/mol. The van der Waals surface area contributed by atoms with Crippen LogP contribution in [-0.4, -0.2) is 60.6 Å². The number of pyridine rings is 1. The van der Waals surface area contributed by atoms with E-state index >= 15 is 0 Å². The Morgan fingerprint density at radius 3 is 2.69 bits per heavy atom. The smallest absolute Gasteiger partial charge is 0.353 e. The Hall–Kier alpha value is -3.47. The fourth-order valence-corrected chi connectivity index (χ4v) is 4.98. The lowest BCUT2D eigenvalue weighted by molar-refractivity contribution is -0.137. The third kappa shape index (κ3) is 4.24. The number of fused-ring (bicyclic) bond motifs is 1. The van der Waals surface area contributed by atoms with Crippen molar-refractivity contribution in [2.45, 2.75) is 31.5 Å². The number of piperazine rings is 1. The van der Waals surface area contributed by atoms with Crippen LogP contribution in [0.15, 0.2) is 49.2 Å². The quantitative estimate of drug-likeness (QED) is 0.460. The average Bonchev–Trinajstić information content (AvgIpc) is 3.51. The zero-order valence-corrected chi connectivity index (χ0v) is 19.0. The Kier molecular flexibility index (Phi) is 5.43.